The standard InChI is InChI=1S/C8H13F3O4/c1-2-14-5-3-4(12)6(13)7(15-5)8(9,10)11/h4-7,12-13H,2-3H2,1H3/t4-,5+,6-,7+/m0/s1. The molecule has 2 N–H and O–H groups in total. The summed E-state index contributed by atoms with van der Waals surface area (Å²) in [5.74, 6) is 0. The minimum Gasteiger partial charge on any atom is -0.390 e. The van der Waals surface area contributed by atoms with Crippen molar-refractivity contribution in [2.75, 3.05) is 6.61 Å². The van der Waals surface area contributed by atoms with E-state index in [1.165, 1.54) is 0 Å². The average molecular weight is 230 g/mol. The minimum absolute atomic E-state index is 0.165. The van der Waals surface area contributed by atoms with Crippen molar-refractivity contribution in [3.8, 4) is 0 Å². The molecule has 0 unspecified atom stereocenters. The highest BCUT2D eigenvalue weighted by molar-refractivity contribution is 4.87. The number of hydrogen-bond donors (Lipinski definition) is 2. The third kappa shape index (κ3) is 3.04. The summed E-state index contributed by atoms with van der Waals surface area (Å²) in [7, 11) is 0. The second-order valence-electron chi connectivity index (χ2n) is 3.28. The number of aliphatic hydroxyl groups is 2. The van der Waals surface area contributed by atoms with Gasteiger partial charge in [0.05, 0.1) is 6.10 Å². The maximum atomic E-state index is 12.3. The van der Waals surface area contributed by atoms with Crippen LogP contribution in [0.5, 0.6) is 0 Å². The molecule has 1 aliphatic rings. The zero-order valence-corrected chi connectivity index (χ0v) is 8.07. The lowest BCUT2D eigenvalue weighted by Gasteiger charge is -2.37. The molecule has 4 nitrogen and oxygen atoms in total. The van der Waals surface area contributed by atoms with Crippen molar-refractivity contribution in [1.29, 1.82) is 0 Å². The van der Waals surface area contributed by atoms with E-state index < -0.39 is 30.8 Å². The molecule has 1 saturated heterocycles. The summed E-state index contributed by atoms with van der Waals surface area (Å²) in [4.78, 5) is 0. The Kier molecular flexibility index (Phi) is 3.93. The van der Waals surface area contributed by atoms with Crippen LogP contribution in [0.25, 0.3) is 0 Å². The monoisotopic (exact) mass is 230 g/mol. The molecule has 90 valence electrons. The molecule has 0 aromatic carbocycles. The second-order valence-corrected chi connectivity index (χ2v) is 3.28. The third-order valence-corrected chi connectivity index (χ3v) is 2.11. The van der Waals surface area contributed by atoms with Crippen LogP contribution in [0.1, 0.15) is 13.3 Å². The number of rotatable bonds is 2. The van der Waals surface area contributed by atoms with Gasteiger partial charge in [0.1, 0.15) is 6.10 Å². The Morgan fingerprint density at radius 3 is 2.47 bits per heavy atom. The molecular weight excluding hydrogens is 217 g/mol. The van der Waals surface area contributed by atoms with Gasteiger partial charge < -0.3 is 19.7 Å². The summed E-state index contributed by atoms with van der Waals surface area (Å²) in [6, 6.07) is 0. The summed E-state index contributed by atoms with van der Waals surface area (Å²) < 4.78 is 46.3. The van der Waals surface area contributed by atoms with Gasteiger partial charge in [0.2, 0.25) is 0 Å². The number of ether oxygens (including phenoxy) is 2. The van der Waals surface area contributed by atoms with Crippen molar-refractivity contribution in [1.82, 2.24) is 0 Å². The van der Waals surface area contributed by atoms with Crippen molar-refractivity contribution in [2.45, 2.75) is 44.1 Å². The SMILES string of the molecule is CCO[C@H]1C[C@H](O)[C@H](O)[C@H](C(F)(F)F)O1. The van der Waals surface area contributed by atoms with Gasteiger partial charge in [-0.15, -0.1) is 0 Å². The molecule has 0 aliphatic carbocycles. The van der Waals surface area contributed by atoms with Crippen molar-refractivity contribution >= 4 is 0 Å². The predicted octanol–water partition coefficient (Wildman–Crippen LogP) is 0.422. The fourth-order valence-corrected chi connectivity index (χ4v) is 1.40. The first kappa shape index (κ1) is 12.7. The van der Waals surface area contributed by atoms with E-state index >= 15 is 0 Å². The van der Waals surface area contributed by atoms with Crippen molar-refractivity contribution in [2.24, 2.45) is 0 Å². The normalized spacial score (nSPS) is 38.0. The first-order valence-electron chi connectivity index (χ1n) is 4.56. The van der Waals surface area contributed by atoms with Gasteiger partial charge in [0.15, 0.2) is 12.4 Å². The molecule has 1 heterocycles. The molecular formula is C8H13F3O4. The number of aliphatic hydroxyl groups excluding tert-OH is 2. The first-order valence-corrected chi connectivity index (χ1v) is 4.56. The van der Waals surface area contributed by atoms with Crippen LogP contribution in [-0.2, 0) is 9.47 Å². The molecule has 4 atom stereocenters. The lowest BCUT2D eigenvalue weighted by Crippen LogP contribution is -2.55. The van der Waals surface area contributed by atoms with Crippen molar-refractivity contribution < 1.29 is 32.9 Å². The van der Waals surface area contributed by atoms with E-state index in [0.29, 0.717) is 0 Å². The zero-order chi connectivity index (χ0) is 11.6. The van der Waals surface area contributed by atoms with Crippen molar-refractivity contribution in [3.63, 3.8) is 0 Å². The summed E-state index contributed by atoms with van der Waals surface area (Å²) in [5.41, 5.74) is 0. The van der Waals surface area contributed by atoms with Gasteiger partial charge >= 0.3 is 6.18 Å². The lowest BCUT2D eigenvalue weighted by atomic mass is 10.0. The Morgan fingerprint density at radius 2 is 2.00 bits per heavy atom. The van der Waals surface area contributed by atoms with E-state index in [2.05, 4.69) is 4.74 Å². The van der Waals surface area contributed by atoms with Gasteiger partial charge in [0, 0.05) is 13.0 Å². The molecule has 0 aromatic rings. The average Bonchev–Trinajstić information content (AvgIpc) is 2.09. The van der Waals surface area contributed by atoms with Crippen molar-refractivity contribution in [3.05, 3.63) is 0 Å². The minimum atomic E-state index is -4.71. The van der Waals surface area contributed by atoms with E-state index in [9.17, 15) is 18.3 Å². The maximum Gasteiger partial charge on any atom is 0.417 e. The highest BCUT2D eigenvalue weighted by Gasteiger charge is 2.52. The van der Waals surface area contributed by atoms with E-state index in [1.54, 1.807) is 6.92 Å². The second kappa shape index (κ2) is 4.65. The lowest BCUT2D eigenvalue weighted by molar-refractivity contribution is -0.327. The summed E-state index contributed by atoms with van der Waals surface area (Å²) >= 11 is 0. The highest BCUT2D eigenvalue weighted by atomic mass is 19.4. The highest BCUT2D eigenvalue weighted by Crippen LogP contribution is 2.32. The molecule has 0 saturated carbocycles. The predicted molar refractivity (Wildman–Crippen MR) is 43.0 cm³/mol. The van der Waals surface area contributed by atoms with Gasteiger partial charge in [-0.05, 0) is 6.92 Å². The van der Waals surface area contributed by atoms with Crippen LogP contribution < -0.4 is 0 Å². The van der Waals surface area contributed by atoms with Gasteiger partial charge in [-0.25, -0.2) is 0 Å². The smallest absolute Gasteiger partial charge is 0.390 e. The largest absolute Gasteiger partial charge is 0.417 e. The molecule has 0 amide bonds. The van der Waals surface area contributed by atoms with E-state index in [4.69, 9.17) is 9.84 Å². The molecule has 1 fully saturated rings. The van der Waals surface area contributed by atoms with Gasteiger partial charge in [-0.3, -0.25) is 0 Å². The Labute approximate surface area is 84.6 Å². The molecule has 0 radical (unpaired) electrons. The van der Waals surface area contributed by atoms with Crippen LogP contribution in [0.3, 0.4) is 0 Å². The zero-order valence-electron chi connectivity index (χ0n) is 8.07. The number of alkyl halides is 3. The Morgan fingerprint density at radius 1 is 1.40 bits per heavy atom. The van der Waals surface area contributed by atoms with E-state index in [0.717, 1.165) is 0 Å². The van der Waals surface area contributed by atoms with Gasteiger partial charge in [0.25, 0.3) is 0 Å². The quantitative estimate of drug-likeness (QED) is 0.722. The summed E-state index contributed by atoms with van der Waals surface area (Å²) in [6.45, 7) is 1.78. The number of hydrogen-bond acceptors (Lipinski definition) is 4. The maximum absolute atomic E-state index is 12.3. The molecule has 7 heteroatoms. The van der Waals surface area contributed by atoms with Crippen LogP contribution in [0.2, 0.25) is 0 Å². The van der Waals surface area contributed by atoms with Gasteiger partial charge in [-0.1, -0.05) is 0 Å². The molecule has 15 heavy (non-hydrogen) atoms. The molecule has 0 aromatic heterocycles. The topological polar surface area (TPSA) is 58.9 Å². The van der Waals surface area contributed by atoms with Gasteiger partial charge in [-0.2, -0.15) is 13.2 Å². The summed E-state index contributed by atoms with van der Waals surface area (Å²) in [5, 5.41) is 18.3. The Balaban J connectivity index is 2.68. The fourth-order valence-electron chi connectivity index (χ4n) is 1.40. The van der Waals surface area contributed by atoms with E-state index in [1.807, 2.05) is 0 Å². The Hall–Kier alpha value is -0.370. The Bertz CT molecular complexity index is 209. The van der Waals surface area contributed by atoms with Crippen LogP contribution in [-0.4, -0.2) is 47.6 Å². The molecule has 1 aliphatic heterocycles. The third-order valence-electron chi connectivity index (χ3n) is 2.11. The summed E-state index contributed by atoms with van der Waals surface area (Å²) in [6.07, 6.45) is -11.8. The van der Waals surface area contributed by atoms with Crippen LogP contribution in [0, 0.1) is 0 Å². The molecule has 0 spiro atoms. The number of halogens is 3. The van der Waals surface area contributed by atoms with Crippen LogP contribution >= 0.6 is 0 Å². The molecule has 0 bridgehead atoms. The van der Waals surface area contributed by atoms with Crippen LogP contribution in [0.15, 0.2) is 0 Å². The first-order chi connectivity index (χ1) is 6.86. The fraction of sp³-hybridized carbons (Fsp3) is 1.00. The molecule has 1 rings (SSSR count). The van der Waals surface area contributed by atoms with E-state index in [-0.39, 0.29) is 13.0 Å². The van der Waals surface area contributed by atoms with Crippen LogP contribution in [0.4, 0.5) is 13.2 Å².